The highest BCUT2D eigenvalue weighted by atomic mass is 16.2. The van der Waals surface area contributed by atoms with Gasteiger partial charge in [0.05, 0.1) is 0 Å². The van der Waals surface area contributed by atoms with Gasteiger partial charge in [-0.25, -0.2) is 0 Å². The molecule has 0 saturated carbocycles. The van der Waals surface area contributed by atoms with Gasteiger partial charge in [0, 0.05) is 18.7 Å². The van der Waals surface area contributed by atoms with Crippen molar-refractivity contribution in [2.24, 2.45) is 5.41 Å². The summed E-state index contributed by atoms with van der Waals surface area (Å²) >= 11 is 0. The zero-order valence-electron chi connectivity index (χ0n) is 14.0. The Bertz CT molecular complexity index is 633. The fraction of sp³-hybridized carbons (Fsp3) is 0.571. The monoisotopic (exact) mass is 309 g/mol. The molecular weight excluding hydrogens is 282 g/mol. The Kier molecular flexibility index (Phi) is 4.00. The summed E-state index contributed by atoms with van der Waals surface area (Å²) in [7, 11) is 0. The normalized spacial score (nSPS) is 27.0. The number of likely N-dealkylation sites (tertiary alicyclic amines) is 1. The fourth-order valence-electron chi connectivity index (χ4n) is 4.74. The zero-order valence-corrected chi connectivity index (χ0v) is 14.0. The third-order valence-corrected chi connectivity index (χ3v) is 6.10. The first kappa shape index (κ1) is 15.0. The summed E-state index contributed by atoms with van der Waals surface area (Å²) in [4.78, 5) is 15.2. The van der Waals surface area contributed by atoms with Crippen LogP contribution in [0.2, 0.25) is 0 Å². The Labute approximate surface area is 139 Å². The molecule has 1 unspecified atom stereocenters. The van der Waals surface area contributed by atoms with Crippen LogP contribution in [-0.4, -0.2) is 23.9 Å². The molecule has 0 N–H and O–H groups in total. The summed E-state index contributed by atoms with van der Waals surface area (Å²) in [6.07, 6.45) is 15.5. The van der Waals surface area contributed by atoms with Crippen LogP contribution >= 0.6 is 0 Å². The number of fused-ring (bicyclic) bond motifs is 1. The Balaban J connectivity index is 1.53. The number of carbonyl (C=O) groups excluding carboxylic acids is 1. The molecule has 122 valence electrons. The number of piperidine rings is 1. The second kappa shape index (κ2) is 6.14. The van der Waals surface area contributed by atoms with Gasteiger partial charge >= 0.3 is 0 Å². The van der Waals surface area contributed by atoms with Gasteiger partial charge in [-0.2, -0.15) is 0 Å². The predicted octanol–water partition coefficient (Wildman–Crippen LogP) is 4.53. The van der Waals surface area contributed by atoms with Crippen LogP contribution in [0.25, 0.3) is 0 Å². The van der Waals surface area contributed by atoms with Crippen molar-refractivity contribution < 1.29 is 4.79 Å². The van der Waals surface area contributed by atoms with Crippen LogP contribution in [-0.2, 0) is 12.8 Å². The van der Waals surface area contributed by atoms with E-state index >= 15 is 0 Å². The standard InChI is InChI=1S/C21H27NO/c23-20(19-10-9-17-7-2-3-8-18(17)15-19)22-14-6-13-21(16-22)11-4-1-5-12-21/h1,4,9-10,15H,2-3,5-8,11-14,16H2. The van der Waals surface area contributed by atoms with Crippen LogP contribution in [0.4, 0.5) is 0 Å². The van der Waals surface area contributed by atoms with Crippen molar-refractivity contribution in [3.05, 3.63) is 47.0 Å². The summed E-state index contributed by atoms with van der Waals surface area (Å²) in [5, 5.41) is 0. The van der Waals surface area contributed by atoms with E-state index < -0.39 is 0 Å². The molecule has 3 aliphatic rings. The maximum Gasteiger partial charge on any atom is 0.253 e. The number of carbonyl (C=O) groups is 1. The van der Waals surface area contributed by atoms with Crippen molar-refractivity contribution in [1.29, 1.82) is 0 Å². The predicted molar refractivity (Wildman–Crippen MR) is 93.6 cm³/mol. The lowest BCUT2D eigenvalue weighted by Crippen LogP contribution is -2.46. The number of amides is 1. The molecule has 1 aromatic rings. The molecular formula is C21H27NO. The minimum Gasteiger partial charge on any atom is -0.338 e. The summed E-state index contributed by atoms with van der Waals surface area (Å²) < 4.78 is 0. The fourth-order valence-corrected chi connectivity index (χ4v) is 4.74. The Hall–Kier alpha value is -1.57. The van der Waals surface area contributed by atoms with Gasteiger partial charge in [-0.05, 0) is 86.5 Å². The average molecular weight is 309 g/mol. The van der Waals surface area contributed by atoms with Crippen molar-refractivity contribution >= 4 is 5.91 Å². The first-order valence-corrected chi connectivity index (χ1v) is 9.32. The van der Waals surface area contributed by atoms with Crippen LogP contribution < -0.4 is 0 Å². The van der Waals surface area contributed by atoms with Crippen LogP contribution in [0.1, 0.15) is 66.4 Å². The minimum atomic E-state index is 0.256. The quantitative estimate of drug-likeness (QED) is 0.698. The first-order chi connectivity index (χ1) is 11.3. The SMILES string of the molecule is O=C(c1ccc2c(c1)CCCC2)N1CCCC2(CC=CCC2)C1. The van der Waals surface area contributed by atoms with Gasteiger partial charge in [-0.15, -0.1) is 0 Å². The van der Waals surface area contributed by atoms with Crippen molar-refractivity contribution in [3.63, 3.8) is 0 Å². The van der Waals surface area contributed by atoms with E-state index in [-0.39, 0.29) is 5.91 Å². The number of allylic oxidation sites excluding steroid dienone is 2. The molecule has 0 bridgehead atoms. The molecule has 2 nitrogen and oxygen atoms in total. The molecule has 1 saturated heterocycles. The summed E-state index contributed by atoms with van der Waals surface area (Å²) in [5.41, 5.74) is 4.14. The van der Waals surface area contributed by atoms with Gasteiger partial charge in [0.15, 0.2) is 0 Å². The number of hydrogen-bond acceptors (Lipinski definition) is 1. The molecule has 1 aromatic carbocycles. The van der Waals surface area contributed by atoms with E-state index in [2.05, 4.69) is 35.3 Å². The summed E-state index contributed by atoms with van der Waals surface area (Å²) in [5.74, 6) is 0.256. The van der Waals surface area contributed by atoms with Crippen molar-refractivity contribution in [1.82, 2.24) is 4.90 Å². The third-order valence-electron chi connectivity index (χ3n) is 6.10. The van der Waals surface area contributed by atoms with Gasteiger partial charge in [-0.1, -0.05) is 18.2 Å². The van der Waals surface area contributed by atoms with Crippen LogP contribution in [0.3, 0.4) is 0 Å². The number of rotatable bonds is 1. The average Bonchev–Trinajstić information content (AvgIpc) is 2.61. The van der Waals surface area contributed by atoms with E-state index in [1.165, 1.54) is 49.7 Å². The van der Waals surface area contributed by atoms with Gasteiger partial charge < -0.3 is 4.90 Å². The van der Waals surface area contributed by atoms with E-state index in [1.807, 2.05) is 0 Å². The van der Waals surface area contributed by atoms with Crippen LogP contribution in [0.15, 0.2) is 30.4 Å². The second-order valence-electron chi connectivity index (χ2n) is 7.74. The van der Waals surface area contributed by atoms with Gasteiger partial charge in [0.25, 0.3) is 5.91 Å². The number of aryl methyl sites for hydroxylation is 2. The lowest BCUT2D eigenvalue weighted by molar-refractivity contribution is 0.0484. The Morgan fingerprint density at radius 3 is 2.70 bits per heavy atom. The molecule has 1 aliphatic heterocycles. The molecule has 1 spiro atoms. The molecule has 1 heterocycles. The molecule has 0 aromatic heterocycles. The highest BCUT2D eigenvalue weighted by Crippen LogP contribution is 2.41. The topological polar surface area (TPSA) is 20.3 Å². The van der Waals surface area contributed by atoms with Gasteiger partial charge in [-0.3, -0.25) is 4.79 Å². The van der Waals surface area contributed by atoms with E-state index in [0.717, 1.165) is 37.9 Å². The minimum absolute atomic E-state index is 0.256. The molecule has 4 rings (SSSR count). The molecule has 1 fully saturated rings. The largest absolute Gasteiger partial charge is 0.338 e. The van der Waals surface area contributed by atoms with Crippen molar-refractivity contribution in [2.75, 3.05) is 13.1 Å². The summed E-state index contributed by atoms with van der Waals surface area (Å²) in [6, 6.07) is 6.44. The Morgan fingerprint density at radius 1 is 1.00 bits per heavy atom. The maximum absolute atomic E-state index is 13.0. The van der Waals surface area contributed by atoms with E-state index in [9.17, 15) is 4.79 Å². The highest BCUT2D eigenvalue weighted by Gasteiger charge is 2.37. The number of nitrogens with zero attached hydrogens (tertiary/aromatic N) is 1. The smallest absolute Gasteiger partial charge is 0.253 e. The van der Waals surface area contributed by atoms with Gasteiger partial charge in [0.2, 0.25) is 0 Å². The lowest BCUT2D eigenvalue weighted by atomic mass is 9.71. The summed E-state index contributed by atoms with van der Waals surface area (Å²) in [6.45, 7) is 1.88. The maximum atomic E-state index is 13.0. The zero-order chi connectivity index (χ0) is 15.7. The number of benzene rings is 1. The second-order valence-corrected chi connectivity index (χ2v) is 7.74. The van der Waals surface area contributed by atoms with Crippen LogP contribution in [0.5, 0.6) is 0 Å². The van der Waals surface area contributed by atoms with Crippen molar-refractivity contribution in [2.45, 2.75) is 57.8 Å². The highest BCUT2D eigenvalue weighted by molar-refractivity contribution is 5.94. The van der Waals surface area contributed by atoms with Crippen LogP contribution in [0, 0.1) is 5.41 Å². The number of hydrogen-bond donors (Lipinski definition) is 0. The molecule has 1 atom stereocenters. The van der Waals surface area contributed by atoms with Crippen molar-refractivity contribution in [3.8, 4) is 0 Å². The van der Waals surface area contributed by atoms with Gasteiger partial charge in [0.1, 0.15) is 0 Å². The molecule has 1 amide bonds. The lowest BCUT2D eigenvalue weighted by Gasteiger charge is -2.44. The molecule has 0 radical (unpaired) electrons. The van der Waals surface area contributed by atoms with E-state index in [0.29, 0.717) is 5.41 Å². The van der Waals surface area contributed by atoms with E-state index in [4.69, 9.17) is 0 Å². The molecule has 23 heavy (non-hydrogen) atoms. The molecule has 2 heteroatoms. The third kappa shape index (κ3) is 2.96. The van der Waals surface area contributed by atoms with E-state index in [1.54, 1.807) is 0 Å². The Morgan fingerprint density at radius 2 is 1.87 bits per heavy atom. The molecule has 2 aliphatic carbocycles. The first-order valence-electron chi connectivity index (χ1n) is 9.32.